The van der Waals surface area contributed by atoms with E-state index in [9.17, 15) is 31.1 Å². The van der Waals surface area contributed by atoms with Gasteiger partial charge in [0.05, 0.1) is 16.8 Å². The van der Waals surface area contributed by atoms with Gasteiger partial charge < -0.3 is 10.6 Å². The van der Waals surface area contributed by atoms with Gasteiger partial charge in [0.1, 0.15) is 0 Å². The van der Waals surface area contributed by atoms with Crippen molar-refractivity contribution in [2.45, 2.75) is 70.8 Å². The zero-order chi connectivity index (χ0) is 27.0. The molecule has 1 aromatic carbocycles. The number of hydrogen-bond acceptors (Lipinski definition) is 2. The Morgan fingerprint density at radius 3 is 2.41 bits per heavy atom. The molecule has 0 saturated heterocycles. The third kappa shape index (κ3) is 4.26. The molecule has 3 nitrogen and oxygen atoms in total. The molecule has 0 radical (unpaired) electrons. The predicted molar refractivity (Wildman–Crippen MR) is 128 cm³/mol. The van der Waals surface area contributed by atoms with E-state index in [0.29, 0.717) is 42.5 Å². The average Bonchev–Trinajstić information content (AvgIpc) is 3.15. The Bertz CT molecular complexity index is 1140. The second kappa shape index (κ2) is 8.53. The van der Waals surface area contributed by atoms with Crippen molar-refractivity contribution in [3.63, 3.8) is 0 Å². The molecule has 5 rings (SSSR count). The molecule has 0 spiro atoms. The van der Waals surface area contributed by atoms with Crippen molar-refractivity contribution in [2.24, 2.45) is 34.5 Å². The molecule has 7 atom stereocenters. The normalized spacial score (nSPS) is 37.3. The lowest BCUT2D eigenvalue weighted by Gasteiger charge is -2.59. The largest absolute Gasteiger partial charge is 0.418 e. The van der Waals surface area contributed by atoms with E-state index in [0.717, 1.165) is 37.8 Å². The minimum Gasteiger partial charge on any atom is -0.382 e. The van der Waals surface area contributed by atoms with Crippen LogP contribution in [0, 0.1) is 34.5 Å². The van der Waals surface area contributed by atoms with E-state index in [2.05, 4.69) is 30.2 Å². The van der Waals surface area contributed by atoms with Crippen LogP contribution in [0.25, 0.3) is 0 Å². The van der Waals surface area contributed by atoms with E-state index in [-0.39, 0.29) is 11.3 Å². The van der Waals surface area contributed by atoms with Crippen LogP contribution in [0.5, 0.6) is 0 Å². The highest BCUT2D eigenvalue weighted by Gasteiger charge is 2.60. The highest BCUT2D eigenvalue weighted by atomic mass is 19.4. The summed E-state index contributed by atoms with van der Waals surface area (Å²) in [4.78, 5) is 13.4. The molecule has 37 heavy (non-hydrogen) atoms. The summed E-state index contributed by atoms with van der Waals surface area (Å²) in [6, 6.07) is 1.48. The molecule has 0 unspecified atom stereocenters. The molecule has 0 aromatic heterocycles. The Kier molecular flexibility index (Phi) is 6.03. The Morgan fingerprint density at radius 2 is 1.73 bits per heavy atom. The summed E-state index contributed by atoms with van der Waals surface area (Å²) in [6.45, 7) is 8.36. The van der Waals surface area contributed by atoms with Crippen LogP contribution in [0.2, 0.25) is 0 Å². The first-order valence-electron chi connectivity index (χ1n) is 12.9. The first-order chi connectivity index (χ1) is 17.1. The number of halogens is 6. The van der Waals surface area contributed by atoms with Gasteiger partial charge in [-0.25, -0.2) is 0 Å². The average molecular weight is 527 g/mol. The molecule has 9 heteroatoms. The van der Waals surface area contributed by atoms with Crippen LogP contribution in [0.1, 0.15) is 63.5 Å². The summed E-state index contributed by atoms with van der Waals surface area (Å²) in [7, 11) is 0. The van der Waals surface area contributed by atoms with Crippen molar-refractivity contribution in [1.82, 2.24) is 5.32 Å². The van der Waals surface area contributed by atoms with E-state index in [1.807, 2.05) is 13.0 Å². The van der Waals surface area contributed by atoms with Gasteiger partial charge in [-0.3, -0.25) is 4.79 Å². The van der Waals surface area contributed by atoms with Crippen molar-refractivity contribution < 1.29 is 31.1 Å². The lowest BCUT2D eigenvalue weighted by molar-refractivity contribution is -0.141. The first kappa shape index (κ1) is 26.2. The van der Waals surface area contributed by atoms with Crippen LogP contribution >= 0.6 is 0 Å². The van der Waals surface area contributed by atoms with Crippen LogP contribution in [0.15, 0.2) is 42.6 Å². The summed E-state index contributed by atoms with van der Waals surface area (Å²) in [5.74, 6) is -0.136. The van der Waals surface area contributed by atoms with Crippen molar-refractivity contribution >= 4 is 11.6 Å². The van der Waals surface area contributed by atoms with Crippen molar-refractivity contribution in [3.8, 4) is 0 Å². The van der Waals surface area contributed by atoms with Crippen LogP contribution in [-0.2, 0) is 17.1 Å². The summed E-state index contributed by atoms with van der Waals surface area (Å²) >= 11 is 0. The van der Waals surface area contributed by atoms with Gasteiger partial charge in [-0.05, 0) is 86.0 Å². The van der Waals surface area contributed by atoms with Gasteiger partial charge >= 0.3 is 12.4 Å². The Labute approximate surface area is 212 Å². The van der Waals surface area contributed by atoms with Gasteiger partial charge in [0, 0.05) is 23.1 Å². The number of fused-ring (bicyclic) bond motifs is 5. The van der Waals surface area contributed by atoms with Crippen LogP contribution in [0.4, 0.5) is 32.0 Å². The van der Waals surface area contributed by atoms with E-state index in [1.165, 1.54) is 0 Å². The number of allylic oxidation sites excluding steroid dienone is 1. The van der Waals surface area contributed by atoms with Crippen molar-refractivity contribution in [2.75, 3.05) is 5.32 Å². The van der Waals surface area contributed by atoms with Crippen LogP contribution in [-0.4, -0.2) is 11.9 Å². The van der Waals surface area contributed by atoms with Gasteiger partial charge in [-0.2, -0.15) is 26.3 Å². The monoisotopic (exact) mass is 526 g/mol. The minimum absolute atomic E-state index is 0.0363. The van der Waals surface area contributed by atoms with E-state index >= 15 is 0 Å². The fourth-order valence-corrected chi connectivity index (χ4v) is 8.13. The molecule has 0 bridgehead atoms. The fourth-order valence-electron chi connectivity index (χ4n) is 8.13. The predicted octanol–water partition coefficient (Wildman–Crippen LogP) is 7.56. The lowest BCUT2D eigenvalue weighted by atomic mass is 9.48. The second-order valence-corrected chi connectivity index (χ2v) is 11.8. The maximum Gasteiger partial charge on any atom is 0.418 e. The molecule has 1 aromatic rings. The van der Waals surface area contributed by atoms with Gasteiger partial charge in [-0.1, -0.05) is 26.5 Å². The molecule has 202 valence electrons. The molecule has 3 saturated carbocycles. The molecule has 1 amide bonds. The lowest BCUT2D eigenvalue weighted by Crippen LogP contribution is -2.58. The third-order valence-electron chi connectivity index (χ3n) is 10.0. The maximum absolute atomic E-state index is 13.6. The Hall–Kier alpha value is -2.45. The van der Waals surface area contributed by atoms with Crippen LogP contribution < -0.4 is 10.6 Å². The minimum atomic E-state index is -4.89. The number of anilines is 1. The first-order valence-corrected chi connectivity index (χ1v) is 12.9. The van der Waals surface area contributed by atoms with E-state index < -0.39 is 46.4 Å². The number of carbonyl (C=O) groups is 1. The molecular weight excluding hydrogens is 494 g/mol. The van der Waals surface area contributed by atoms with E-state index in [1.54, 1.807) is 0 Å². The van der Waals surface area contributed by atoms with E-state index in [4.69, 9.17) is 0 Å². The highest BCUT2D eigenvalue weighted by Crippen LogP contribution is 2.65. The van der Waals surface area contributed by atoms with Crippen molar-refractivity contribution in [1.29, 1.82) is 0 Å². The van der Waals surface area contributed by atoms with Crippen molar-refractivity contribution in [3.05, 3.63) is 53.8 Å². The molecule has 3 aliphatic carbocycles. The second-order valence-electron chi connectivity index (χ2n) is 11.8. The summed E-state index contributed by atoms with van der Waals surface area (Å²) in [5.41, 5.74) is -2.88. The number of alkyl halides is 6. The summed E-state index contributed by atoms with van der Waals surface area (Å²) < 4.78 is 80.5. The zero-order valence-corrected chi connectivity index (χ0v) is 20.9. The van der Waals surface area contributed by atoms with Crippen LogP contribution in [0.3, 0.4) is 0 Å². The standard InChI is InChI=1S/C28H32F6N2O/c1-15-10-12-26(3)19-11-13-25(2)18(17(19)5-9-23(26)35-15)7-8-21(25)24(37)36-22-14-16(27(29,30)31)4-6-20(22)28(32,33)34/h4,6,10,12,14,17-19,21,23,35H,1,5,7-9,11,13H2,2-3H3,(H,36,37)/t17-,18-,19-,21+,23+,25-,26+/m0/s1. The summed E-state index contributed by atoms with van der Waals surface area (Å²) in [6.07, 6.45) is -0.497. The molecule has 1 aliphatic heterocycles. The topological polar surface area (TPSA) is 41.1 Å². The smallest absolute Gasteiger partial charge is 0.382 e. The molecule has 3 fully saturated rings. The number of hydrogen-bond donors (Lipinski definition) is 2. The van der Waals surface area contributed by atoms with Gasteiger partial charge in [0.25, 0.3) is 0 Å². The Balaban J connectivity index is 1.40. The number of benzene rings is 1. The quantitative estimate of drug-likeness (QED) is 0.391. The van der Waals surface area contributed by atoms with Gasteiger partial charge in [0.15, 0.2) is 0 Å². The number of carbonyl (C=O) groups excluding carboxylic acids is 1. The molecule has 4 aliphatic rings. The zero-order valence-electron chi connectivity index (χ0n) is 20.9. The van der Waals surface area contributed by atoms with Gasteiger partial charge in [-0.15, -0.1) is 0 Å². The molecular formula is C28H32F6N2O. The number of nitrogens with one attached hydrogen (secondary N) is 2. The fraction of sp³-hybridized carbons (Fsp3) is 0.607. The Morgan fingerprint density at radius 1 is 1.00 bits per heavy atom. The molecule has 2 N–H and O–H groups in total. The number of rotatable bonds is 2. The SMILES string of the molecule is C=C1C=C[C@@]2(C)[C@@H](CC[C@@H]3[C@@H]2CC[C@]2(C)[C@@H](C(=O)Nc4cc(C(F)(F)F)ccc4C(F)(F)F)CC[C@@H]32)N1. The maximum atomic E-state index is 13.6. The third-order valence-corrected chi connectivity index (χ3v) is 10.0. The highest BCUT2D eigenvalue weighted by molar-refractivity contribution is 5.94. The molecule has 1 heterocycles. The summed E-state index contributed by atoms with van der Waals surface area (Å²) in [5, 5.41) is 5.80. The number of amides is 1. The van der Waals surface area contributed by atoms with Gasteiger partial charge in [0.2, 0.25) is 5.91 Å².